The molecule has 30 heavy (non-hydrogen) atoms. The van der Waals surface area contributed by atoms with E-state index in [0.29, 0.717) is 47.5 Å². The normalized spacial score (nSPS) is 15.5. The van der Waals surface area contributed by atoms with Gasteiger partial charge in [0.05, 0.1) is 21.6 Å². The van der Waals surface area contributed by atoms with Crippen LogP contribution in [0.5, 0.6) is 0 Å². The minimum absolute atomic E-state index is 0.0894. The molecule has 0 radical (unpaired) electrons. The second-order valence-corrected chi connectivity index (χ2v) is 7.77. The van der Waals surface area contributed by atoms with Crippen LogP contribution in [-0.4, -0.2) is 58.8 Å². The summed E-state index contributed by atoms with van der Waals surface area (Å²) in [5.74, 6) is -0.443. The third-order valence-electron chi connectivity index (χ3n) is 5.01. The maximum absolute atomic E-state index is 12.7. The van der Waals surface area contributed by atoms with Crippen LogP contribution in [0.2, 0.25) is 10.0 Å². The minimum atomic E-state index is -0.512. The van der Waals surface area contributed by atoms with Gasteiger partial charge in [-0.25, -0.2) is 0 Å². The molecule has 0 aliphatic carbocycles. The lowest BCUT2D eigenvalue weighted by molar-refractivity contribution is -0.384. The van der Waals surface area contributed by atoms with Crippen LogP contribution in [0.3, 0.4) is 0 Å². The Hall–Kier alpha value is -2.68. The molecule has 2 amide bonds. The van der Waals surface area contributed by atoms with Crippen LogP contribution in [0.25, 0.3) is 0 Å². The predicted octanol–water partition coefficient (Wildman–Crippen LogP) is 3.69. The van der Waals surface area contributed by atoms with Gasteiger partial charge < -0.3 is 10.2 Å². The highest BCUT2D eigenvalue weighted by Crippen LogP contribution is 2.23. The molecule has 0 aromatic heterocycles. The van der Waals surface area contributed by atoms with E-state index in [-0.39, 0.29) is 17.5 Å². The van der Waals surface area contributed by atoms with Crippen molar-refractivity contribution in [3.63, 3.8) is 0 Å². The van der Waals surface area contributed by atoms with Crippen molar-refractivity contribution >= 4 is 46.4 Å². The van der Waals surface area contributed by atoms with Gasteiger partial charge >= 0.3 is 0 Å². The Morgan fingerprint density at radius 1 is 1.10 bits per heavy atom. The number of halogens is 2. The van der Waals surface area contributed by atoms with Crippen LogP contribution < -0.4 is 5.32 Å². The summed E-state index contributed by atoms with van der Waals surface area (Å²) in [6.07, 6.45) is 0. The van der Waals surface area contributed by atoms with Gasteiger partial charge in [-0.05, 0) is 31.2 Å². The van der Waals surface area contributed by atoms with E-state index in [1.807, 2.05) is 4.90 Å². The van der Waals surface area contributed by atoms with E-state index in [1.54, 1.807) is 30.0 Å². The molecule has 1 N–H and O–H groups in total. The highest BCUT2D eigenvalue weighted by molar-refractivity contribution is 6.36. The fraction of sp³-hybridized carbons (Fsp3) is 0.300. The smallest absolute Gasteiger partial charge is 0.271 e. The summed E-state index contributed by atoms with van der Waals surface area (Å²) < 4.78 is 0. The molecule has 1 unspecified atom stereocenters. The number of nitro groups is 1. The van der Waals surface area contributed by atoms with Crippen molar-refractivity contribution in [1.82, 2.24) is 9.80 Å². The predicted molar refractivity (Wildman–Crippen MR) is 115 cm³/mol. The van der Waals surface area contributed by atoms with Gasteiger partial charge in [0, 0.05) is 49.0 Å². The van der Waals surface area contributed by atoms with E-state index in [1.165, 1.54) is 24.3 Å². The van der Waals surface area contributed by atoms with E-state index in [0.717, 1.165) is 0 Å². The largest absolute Gasteiger partial charge is 0.336 e. The summed E-state index contributed by atoms with van der Waals surface area (Å²) in [4.78, 5) is 39.3. The first-order valence-corrected chi connectivity index (χ1v) is 10.1. The molecule has 10 heteroatoms. The van der Waals surface area contributed by atoms with Gasteiger partial charge in [0.25, 0.3) is 11.6 Å². The SMILES string of the molecule is CC(C(=O)Nc1cccc([N+](=O)[O-])c1)N1CCN(C(=O)c2ccc(Cl)cc2Cl)CC1. The average Bonchev–Trinajstić information content (AvgIpc) is 2.73. The second kappa shape index (κ2) is 9.42. The van der Waals surface area contributed by atoms with Gasteiger partial charge in [0.15, 0.2) is 0 Å². The standard InChI is InChI=1S/C20H20Cl2N4O4/c1-13(19(27)23-15-3-2-4-16(12-15)26(29)30)24-7-9-25(10-8-24)20(28)17-6-5-14(21)11-18(17)22/h2-6,11-13H,7-10H2,1H3,(H,23,27). The Labute approximate surface area is 183 Å². The lowest BCUT2D eigenvalue weighted by Crippen LogP contribution is -2.54. The summed E-state index contributed by atoms with van der Waals surface area (Å²) in [6, 6.07) is 10.1. The highest BCUT2D eigenvalue weighted by Gasteiger charge is 2.28. The number of carbonyl (C=O) groups excluding carboxylic acids is 2. The molecule has 0 saturated carbocycles. The maximum Gasteiger partial charge on any atom is 0.271 e. The topological polar surface area (TPSA) is 95.8 Å². The Balaban J connectivity index is 1.57. The molecule has 1 fully saturated rings. The summed E-state index contributed by atoms with van der Waals surface area (Å²) in [5, 5.41) is 14.4. The number of benzene rings is 2. The Morgan fingerprint density at radius 2 is 1.80 bits per heavy atom. The average molecular weight is 451 g/mol. The lowest BCUT2D eigenvalue weighted by atomic mass is 10.1. The molecular formula is C20H20Cl2N4O4. The molecule has 1 saturated heterocycles. The maximum atomic E-state index is 12.7. The molecule has 1 atom stereocenters. The third-order valence-corrected chi connectivity index (χ3v) is 5.56. The molecule has 3 rings (SSSR count). The first-order chi connectivity index (χ1) is 14.3. The zero-order chi connectivity index (χ0) is 21.8. The molecular weight excluding hydrogens is 431 g/mol. The summed E-state index contributed by atoms with van der Waals surface area (Å²) >= 11 is 12.0. The molecule has 2 aromatic carbocycles. The van der Waals surface area contributed by atoms with Crippen molar-refractivity contribution in [3.8, 4) is 0 Å². The summed E-state index contributed by atoms with van der Waals surface area (Å²) in [6.45, 7) is 3.69. The number of rotatable bonds is 5. The van der Waals surface area contributed by atoms with Crippen LogP contribution in [0.4, 0.5) is 11.4 Å². The van der Waals surface area contributed by atoms with E-state index in [2.05, 4.69) is 5.32 Å². The number of amides is 2. The number of nitro benzene ring substituents is 1. The number of anilines is 1. The zero-order valence-electron chi connectivity index (χ0n) is 16.2. The quantitative estimate of drug-likeness (QED) is 0.553. The van der Waals surface area contributed by atoms with Crippen molar-refractivity contribution in [2.24, 2.45) is 0 Å². The minimum Gasteiger partial charge on any atom is -0.336 e. The van der Waals surface area contributed by atoms with Gasteiger partial charge in [0.1, 0.15) is 0 Å². The molecule has 1 heterocycles. The number of piperazine rings is 1. The second-order valence-electron chi connectivity index (χ2n) is 6.93. The fourth-order valence-electron chi connectivity index (χ4n) is 3.26. The molecule has 2 aromatic rings. The van der Waals surface area contributed by atoms with Crippen molar-refractivity contribution < 1.29 is 14.5 Å². The van der Waals surface area contributed by atoms with E-state index in [4.69, 9.17) is 23.2 Å². The molecule has 158 valence electrons. The van der Waals surface area contributed by atoms with E-state index < -0.39 is 11.0 Å². The number of nitrogens with one attached hydrogen (secondary N) is 1. The van der Waals surface area contributed by atoms with Crippen molar-refractivity contribution in [2.45, 2.75) is 13.0 Å². The van der Waals surface area contributed by atoms with Gasteiger partial charge in [-0.3, -0.25) is 24.6 Å². The molecule has 1 aliphatic rings. The van der Waals surface area contributed by atoms with Crippen molar-refractivity contribution in [1.29, 1.82) is 0 Å². The van der Waals surface area contributed by atoms with Crippen molar-refractivity contribution in [3.05, 3.63) is 68.2 Å². The fourth-order valence-corrected chi connectivity index (χ4v) is 3.74. The molecule has 8 nitrogen and oxygen atoms in total. The van der Waals surface area contributed by atoms with Gasteiger partial charge in [-0.2, -0.15) is 0 Å². The lowest BCUT2D eigenvalue weighted by Gasteiger charge is -2.37. The number of carbonyl (C=O) groups is 2. The number of hydrogen-bond donors (Lipinski definition) is 1. The Morgan fingerprint density at radius 3 is 2.43 bits per heavy atom. The van der Waals surface area contributed by atoms with Crippen LogP contribution in [0.15, 0.2) is 42.5 Å². The molecule has 0 bridgehead atoms. The number of nitrogens with zero attached hydrogens (tertiary/aromatic N) is 3. The first kappa shape index (κ1) is 22.0. The van der Waals surface area contributed by atoms with Crippen LogP contribution >= 0.6 is 23.2 Å². The van der Waals surface area contributed by atoms with Crippen molar-refractivity contribution in [2.75, 3.05) is 31.5 Å². The number of non-ortho nitro benzene ring substituents is 1. The molecule has 0 spiro atoms. The van der Waals surface area contributed by atoms with Gasteiger partial charge in [-0.15, -0.1) is 0 Å². The summed E-state index contributed by atoms with van der Waals surface area (Å²) in [7, 11) is 0. The van der Waals surface area contributed by atoms with E-state index >= 15 is 0 Å². The highest BCUT2D eigenvalue weighted by atomic mass is 35.5. The monoisotopic (exact) mass is 450 g/mol. The molecule has 1 aliphatic heterocycles. The number of hydrogen-bond acceptors (Lipinski definition) is 5. The summed E-state index contributed by atoms with van der Waals surface area (Å²) in [5.41, 5.74) is 0.673. The van der Waals surface area contributed by atoms with Gasteiger partial charge in [-0.1, -0.05) is 29.3 Å². The van der Waals surface area contributed by atoms with Crippen LogP contribution in [0, 0.1) is 10.1 Å². The van der Waals surface area contributed by atoms with Gasteiger partial charge in [0.2, 0.25) is 5.91 Å². The first-order valence-electron chi connectivity index (χ1n) is 9.30. The Kier molecular flexibility index (Phi) is 6.91. The zero-order valence-corrected chi connectivity index (χ0v) is 17.7. The van der Waals surface area contributed by atoms with Crippen LogP contribution in [0.1, 0.15) is 17.3 Å². The van der Waals surface area contributed by atoms with Crippen LogP contribution in [-0.2, 0) is 4.79 Å². The Bertz CT molecular complexity index is 977. The third kappa shape index (κ3) is 5.08. The van der Waals surface area contributed by atoms with E-state index in [9.17, 15) is 19.7 Å².